The number of hydrogen-bond acceptors (Lipinski definition) is 1. The first-order chi connectivity index (χ1) is 28.5. The SMILES string of the molecule is Cc1cc(C)c(B(c2c(C)cc(C)cc2C)c2ccc3ccc4c(N(c5ccc6c(ccc7ccccc76)c5)c5c(C)cc(C)cc5C)ccc5ccc2c3c54)c(C)c1. The van der Waals surface area contributed by atoms with Gasteiger partial charge in [-0.15, -0.1) is 0 Å². The topological polar surface area (TPSA) is 3.24 Å². The van der Waals surface area contributed by atoms with E-state index >= 15 is 0 Å². The first-order valence-electron chi connectivity index (χ1n) is 21.1. The molecule has 10 aromatic rings. The lowest BCUT2D eigenvalue weighted by Crippen LogP contribution is -2.56. The Labute approximate surface area is 349 Å². The van der Waals surface area contributed by atoms with Gasteiger partial charge in [-0.25, -0.2) is 0 Å². The molecule has 0 aromatic heterocycles. The number of nitrogens with zero attached hydrogens (tertiary/aromatic N) is 1. The molecule has 0 unspecified atom stereocenters. The molecule has 0 bridgehead atoms. The average Bonchev–Trinajstić information content (AvgIpc) is 3.19. The highest BCUT2D eigenvalue weighted by Gasteiger charge is 2.31. The summed E-state index contributed by atoms with van der Waals surface area (Å²) in [5.74, 6) is 0. The van der Waals surface area contributed by atoms with Crippen LogP contribution in [-0.4, -0.2) is 6.71 Å². The summed E-state index contributed by atoms with van der Waals surface area (Å²) < 4.78 is 0. The van der Waals surface area contributed by atoms with Gasteiger partial charge in [0, 0.05) is 11.1 Å². The quantitative estimate of drug-likeness (QED) is 0.121. The summed E-state index contributed by atoms with van der Waals surface area (Å²) in [6.07, 6.45) is 0. The zero-order valence-electron chi connectivity index (χ0n) is 35.8. The van der Waals surface area contributed by atoms with E-state index in [2.05, 4.69) is 207 Å². The lowest BCUT2D eigenvalue weighted by Gasteiger charge is -2.31. The number of benzene rings is 10. The van der Waals surface area contributed by atoms with Crippen LogP contribution < -0.4 is 21.3 Å². The second-order valence-electron chi connectivity index (χ2n) is 17.5. The molecule has 0 aliphatic heterocycles. The Morgan fingerprint density at radius 3 is 1.44 bits per heavy atom. The number of anilines is 3. The maximum atomic E-state index is 2.53. The van der Waals surface area contributed by atoms with E-state index in [9.17, 15) is 0 Å². The molecule has 0 heterocycles. The van der Waals surface area contributed by atoms with Crippen LogP contribution >= 0.6 is 0 Å². The smallest absolute Gasteiger partial charge is 0.243 e. The van der Waals surface area contributed by atoms with Crippen molar-refractivity contribution >= 4 is 94.0 Å². The lowest BCUT2D eigenvalue weighted by molar-refractivity contribution is 1.21. The van der Waals surface area contributed by atoms with E-state index in [1.807, 2.05) is 0 Å². The standard InChI is InChI=1S/C57H50BN/c1-33-26-36(4)55(37(5)27-33)58(56-38(6)28-34(2)29-39(56)7)51-24-18-43-17-22-50-52(25-19-44-16-21-49(51)53(43)54(44)50)59(57-40(8)30-35(3)31-41(57)9)46-20-23-48-45(32-46)15-14-42-12-10-11-13-47(42)48/h10-32H,1-9H3. The second kappa shape index (κ2) is 13.9. The maximum absolute atomic E-state index is 2.53. The van der Waals surface area contributed by atoms with Crippen molar-refractivity contribution in [2.24, 2.45) is 0 Å². The summed E-state index contributed by atoms with van der Waals surface area (Å²) in [6.45, 7) is 20.5. The fraction of sp³-hybridized carbons (Fsp3) is 0.158. The van der Waals surface area contributed by atoms with Crippen molar-refractivity contribution in [2.45, 2.75) is 62.3 Å². The molecule has 2 heteroatoms. The molecule has 0 N–H and O–H groups in total. The van der Waals surface area contributed by atoms with Crippen LogP contribution in [0.15, 0.2) is 140 Å². The first-order valence-corrected chi connectivity index (χ1v) is 21.1. The molecule has 286 valence electrons. The molecule has 0 amide bonds. The molecule has 0 saturated heterocycles. The maximum Gasteiger partial charge on any atom is 0.243 e. The van der Waals surface area contributed by atoms with Gasteiger partial charge in [0.25, 0.3) is 0 Å². The Bertz CT molecular complexity index is 3210. The molecule has 1 nitrogen and oxygen atoms in total. The van der Waals surface area contributed by atoms with Gasteiger partial charge >= 0.3 is 0 Å². The molecule has 0 saturated carbocycles. The van der Waals surface area contributed by atoms with Crippen LogP contribution in [0.2, 0.25) is 0 Å². The van der Waals surface area contributed by atoms with Crippen LogP contribution in [0.1, 0.15) is 50.1 Å². The van der Waals surface area contributed by atoms with Crippen LogP contribution in [0.5, 0.6) is 0 Å². The Balaban J connectivity index is 1.27. The molecule has 0 aliphatic carbocycles. The molecule has 10 aromatic carbocycles. The average molecular weight is 760 g/mol. The third-order valence-corrected chi connectivity index (χ3v) is 13.1. The van der Waals surface area contributed by atoms with Crippen molar-refractivity contribution in [3.8, 4) is 0 Å². The molecule has 0 radical (unpaired) electrons. The minimum atomic E-state index is 0.0864. The van der Waals surface area contributed by atoms with Crippen molar-refractivity contribution in [3.63, 3.8) is 0 Å². The van der Waals surface area contributed by atoms with Gasteiger partial charge in [-0.3, -0.25) is 0 Å². The van der Waals surface area contributed by atoms with Crippen molar-refractivity contribution in [3.05, 3.63) is 190 Å². The number of fused-ring (bicyclic) bond motifs is 3. The fourth-order valence-electron chi connectivity index (χ4n) is 11.1. The highest BCUT2D eigenvalue weighted by Crippen LogP contribution is 2.46. The van der Waals surface area contributed by atoms with Crippen LogP contribution in [0.4, 0.5) is 17.1 Å². The molecule has 0 fully saturated rings. The molecule has 0 atom stereocenters. The predicted octanol–water partition coefficient (Wildman–Crippen LogP) is 13.7. The zero-order chi connectivity index (χ0) is 40.9. The Hall–Kier alpha value is -6.38. The molecular formula is C57H50BN. The Morgan fingerprint density at radius 2 is 0.814 bits per heavy atom. The fourth-order valence-corrected chi connectivity index (χ4v) is 11.1. The van der Waals surface area contributed by atoms with E-state index < -0.39 is 0 Å². The van der Waals surface area contributed by atoms with Gasteiger partial charge < -0.3 is 4.90 Å². The second-order valence-corrected chi connectivity index (χ2v) is 17.5. The van der Waals surface area contributed by atoms with Crippen molar-refractivity contribution in [1.29, 1.82) is 0 Å². The van der Waals surface area contributed by atoms with E-state index in [0.717, 1.165) is 5.69 Å². The molecule has 10 rings (SSSR count). The van der Waals surface area contributed by atoms with Gasteiger partial charge in [0.1, 0.15) is 0 Å². The molecular weight excluding hydrogens is 709 g/mol. The predicted molar refractivity (Wildman–Crippen MR) is 260 cm³/mol. The van der Waals surface area contributed by atoms with E-state index in [1.165, 1.54) is 132 Å². The summed E-state index contributed by atoms with van der Waals surface area (Å²) in [6, 6.07) is 53.5. The summed E-state index contributed by atoms with van der Waals surface area (Å²) in [4.78, 5) is 2.53. The van der Waals surface area contributed by atoms with Gasteiger partial charge in [-0.05, 0) is 140 Å². The number of rotatable bonds is 6. The first kappa shape index (κ1) is 36.9. The summed E-state index contributed by atoms with van der Waals surface area (Å²) in [5.41, 5.74) is 19.6. The third kappa shape index (κ3) is 5.91. The normalized spacial score (nSPS) is 11.8. The Morgan fingerprint density at radius 1 is 0.356 bits per heavy atom. The van der Waals surface area contributed by atoms with Gasteiger partial charge in [-0.2, -0.15) is 0 Å². The number of aryl methyl sites for hydroxylation is 9. The molecule has 59 heavy (non-hydrogen) atoms. The minimum absolute atomic E-state index is 0.0864. The molecule has 0 aliphatic rings. The Kier molecular flexibility index (Phi) is 8.69. The van der Waals surface area contributed by atoms with Gasteiger partial charge in [0.15, 0.2) is 0 Å². The number of hydrogen-bond donors (Lipinski definition) is 0. The van der Waals surface area contributed by atoms with Crippen LogP contribution in [-0.2, 0) is 0 Å². The van der Waals surface area contributed by atoms with Crippen molar-refractivity contribution in [2.75, 3.05) is 4.90 Å². The van der Waals surface area contributed by atoms with Crippen molar-refractivity contribution in [1.82, 2.24) is 0 Å². The highest BCUT2D eigenvalue weighted by atomic mass is 15.1. The third-order valence-electron chi connectivity index (χ3n) is 13.1. The summed E-state index contributed by atoms with van der Waals surface area (Å²) in [7, 11) is 0. The lowest BCUT2D eigenvalue weighted by atomic mass is 9.33. The summed E-state index contributed by atoms with van der Waals surface area (Å²) in [5, 5.41) is 12.9. The van der Waals surface area contributed by atoms with E-state index in [0.29, 0.717) is 0 Å². The van der Waals surface area contributed by atoms with Gasteiger partial charge in [-0.1, -0.05) is 177 Å². The van der Waals surface area contributed by atoms with E-state index in [-0.39, 0.29) is 6.71 Å². The van der Waals surface area contributed by atoms with E-state index in [4.69, 9.17) is 0 Å². The monoisotopic (exact) mass is 759 g/mol. The van der Waals surface area contributed by atoms with Crippen LogP contribution in [0.3, 0.4) is 0 Å². The largest absolute Gasteiger partial charge is 0.309 e. The van der Waals surface area contributed by atoms with Gasteiger partial charge in [0.05, 0.1) is 11.4 Å². The molecule has 0 spiro atoms. The van der Waals surface area contributed by atoms with Gasteiger partial charge in [0.2, 0.25) is 6.71 Å². The summed E-state index contributed by atoms with van der Waals surface area (Å²) >= 11 is 0. The van der Waals surface area contributed by atoms with Crippen molar-refractivity contribution < 1.29 is 0 Å². The van der Waals surface area contributed by atoms with Crippen LogP contribution in [0.25, 0.3) is 53.9 Å². The minimum Gasteiger partial charge on any atom is -0.309 e. The zero-order valence-corrected chi connectivity index (χ0v) is 35.8. The van der Waals surface area contributed by atoms with Crippen LogP contribution in [0, 0.1) is 62.3 Å². The highest BCUT2D eigenvalue weighted by molar-refractivity contribution is 6.98. The van der Waals surface area contributed by atoms with E-state index in [1.54, 1.807) is 0 Å².